The number of hydrogen-bond donors (Lipinski definition) is 1. The first kappa shape index (κ1) is 12.4. The van der Waals surface area contributed by atoms with Crippen LogP contribution in [0.25, 0.3) is 10.2 Å². The molecule has 0 saturated heterocycles. The molecule has 0 spiro atoms. The smallest absolute Gasteiger partial charge is 0.188 e. The fourth-order valence-corrected chi connectivity index (χ4v) is 2.95. The Kier molecular flexibility index (Phi) is 3.12. The van der Waals surface area contributed by atoms with Gasteiger partial charge in [0.05, 0.1) is 15.2 Å². The van der Waals surface area contributed by atoms with E-state index in [4.69, 9.17) is 11.6 Å². The van der Waals surface area contributed by atoms with Gasteiger partial charge in [0.15, 0.2) is 5.13 Å². The number of fused-ring (bicyclic) bond motifs is 1. The van der Waals surface area contributed by atoms with Crippen LogP contribution in [-0.4, -0.2) is 4.98 Å². The van der Waals surface area contributed by atoms with E-state index in [1.807, 2.05) is 19.1 Å². The largest absolute Gasteiger partial charge is 0.331 e. The molecule has 0 aliphatic heterocycles. The maximum Gasteiger partial charge on any atom is 0.188 e. The topological polar surface area (TPSA) is 24.9 Å². The Bertz CT molecular complexity index is 754. The van der Waals surface area contributed by atoms with Gasteiger partial charge in [-0.05, 0) is 42.8 Å². The first-order valence-electron chi connectivity index (χ1n) is 5.71. The molecule has 0 unspecified atom stereocenters. The number of thiazole rings is 1. The van der Waals surface area contributed by atoms with E-state index in [1.54, 1.807) is 23.5 Å². The molecular weight excluding hydrogens is 283 g/mol. The van der Waals surface area contributed by atoms with Crippen molar-refractivity contribution in [3.8, 4) is 0 Å². The van der Waals surface area contributed by atoms with Gasteiger partial charge in [-0.25, -0.2) is 9.37 Å². The van der Waals surface area contributed by atoms with Crippen LogP contribution in [0.1, 0.15) is 5.56 Å². The summed E-state index contributed by atoms with van der Waals surface area (Å²) in [6.45, 7) is 2.05. The zero-order valence-electron chi connectivity index (χ0n) is 10.1. The van der Waals surface area contributed by atoms with Crippen LogP contribution in [-0.2, 0) is 0 Å². The van der Waals surface area contributed by atoms with Gasteiger partial charge >= 0.3 is 0 Å². The van der Waals surface area contributed by atoms with E-state index in [1.165, 1.54) is 11.6 Å². The van der Waals surface area contributed by atoms with E-state index in [2.05, 4.69) is 16.4 Å². The van der Waals surface area contributed by atoms with Crippen molar-refractivity contribution in [3.63, 3.8) is 0 Å². The zero-order valence-corrected chi connectivity index (χ0v) is 11.6. The summed E-state index contributed by atoms with van der Waals surface area (Å²) < 4.78 is 14.2. The monoisotopic (exact) mass is 292 g/mol. The lowest BCUT2D eigenvalue weighted by atomic mass is 10.2. The molecule has 0 aliphatic carbocycles. The lowest BCUT2D eigenvalue weighted by Gasteiger charge is -2.02. The maximum atomic E-state index is 13.1. The van der Waals surface area contributed by atoms with Gasteiger partial charge in [0.2, 0.25) is 0 Å². The number of benzene rings is 2. The van der Waals surface area contributed by atoms with Crippen molar-refractivity contribution in [3.05, 3.63) is 52.8 Å². The van der Waals surface area contributed by atoms with Gasteiger partial charge in [-0.15, -0.1) is 0 Å². The zero-order chi connectivity index (χ0) is 13.4. The highest BCUT2D eigenvalue weighted by atomic mass is 35.5. The molecule has 0 atom stereocenters. The van der Waals surface area contributed by atoms with E-state index < -0.39 is 5.82 Å². The Labute approximate surface area is 118 Å². The third-order valence-corrected chi connectivity index (χ3v) is 3.94. The quantitative estimate of drug-likeness (QED) is 0.707. The molecule has 1 heterocycles. The average Bonchev–Trinajstić information content (AvgIpc) is 2.75. The summed E-state index contributed by atoms with van der Waals surface area (Å²) in [6.07, 6.45) is 0. The summed E-state index contributed by atoms with van der Waals surface area (Å²) in [6, 6.07) is 10.6. The molecule has 2 aromatic carbocycles. The fourth-order valence-electron chi connectivity index (χ4n) is 1.78. The lowest BCUT2D eigenvalue weighted by Crippen LogP contribution is -1.89. The number of halogens is 2. The molecule has 96 valence electrons. The Morgan fingerprint density at radius 2 is 2.05 bits per heavy atom. The molecule has 5 heteroatoms. The van der Waals surface area contributed by atoms with E-state index in [0.29, 0.717) is 0 Å². The molecular formula is C14H10ClFN2S. The van der Waals surface area contributed by atoms with Gasteiger partial charge in [0, 0.05) is 5.69 Å². The first-order chi connectivity index (χ1) is 9.11. The molecule has 0 bridgehead atoms. The molecule has 0 amide bonds. The highest BCUT2D eigenvalue weighted by molar-refractivity contribution is 7.22. The van der Waals surface area contributed by atoms with Crippen molar-refractivity contribution >= 4 is 44.0 Å². The van der Waals surface area contributed by atoms with Crippen molar-refractivity contribution in [2.24, 2.45) is 0 Å². The second-order valence-corrected chi connectivity index (χ2v) is 5.68. The minimum atomic E-state index is -0.424. The molecule has 1 aromatic heterocycles. The summed E-state index contributed by atoms with van der Waals surface area (Å²) in [5.41, 5.74) is 2.88. The van der Waals surface area contributed by atoms with Crippen LogP contribution in [0.2, 0.25) is 5.02 Å². The maximum absolute atomic E-state index is 13.1. The average molecular weight is 293 g/mol. The van der Waals surface area contributed by atoms with Gasteiger partial charge in [-0.1, -0.05) is 29.0 Å². The highest BCUT2D eigenvalue weighted by Crippen LogP contribution is 2.30. The first-order valence-corrected chi connectivity index (χ1v) is 6.90. The van der Waals surface area contributed by atoms with Crippen molar-refractivity contribution in [2.45, 2.75) is 6.92 Å². The van der Waals surface area contributed by atoms with Crippen LogP contribution >= 0.6 is 22.9 Å². The summed E-state index contributed by atoms with van der Waals surface area (Å²) in [4.78, 5) is 4.47. The third kappa shape index (κ3) is 2.55. The number of hydrogen-bond acceptors (Lipinski definition) is 3. The normalized spacial score (nSPS) is 10.9. The van der Waals surface area contributed by atoms with Crippen LogP contribution in [0, 0.1) is 12.7 Å². The Morgan fingerprint density at radius 1 is 1.21 bits per heavy atom. The lowest BCUT2D eigenvalue weighted by molar-refractivity contribution is 0.628. The molecule has 0 aliphatic rings. The number of rotatable bonds is 2. The van der Waals surface area contributed by atoms with Crippen LogP contribution in [0.5, 0.6) is 0 Å². The standard InChI is InChI=1S/C14H10ClFN2S/c1-8-2-5-12-13(6-8)19-14(18-12)17-9-3-4-11(16)10(15)7-9/h2-7H,1H3,(H,17,18). The number of nitrogens with one attached hydrogen (secondary N) is 1. The Morgan fingerprint density at radius 3 is 2.84 bits per heavy atom. The van der Waals surface area contributed by atoms with Gasteiger partial charge in [-0.2, -0.15) is 0 Å². The number of aromatic nitrogens is 1. The van der Waals surface area contributed by atoms with Gasteiger partial charge in [-0.3, -0.25) is 0 Å². The Balaban J connectivity index is 1.94. The second kappa shape index (κ2) is 4.79. The molecule has 0 saturated carbocycles. The van der Waals surface area contributed by atoms with Crippen LogP contribution in [0.4, 0.5) is 15.2 Å². The van der Waals surface area contributed by atoms with E-state index in [-0.39, 0.29) is 5.02 Å². The van der Waals surface area contributed by atoms with E-state index in [9.17, 15) is 4.39 Å². The summed E-state index contributed by atoms with van der Waals surface area (Å²) in [5, 5.41) is 4.00. The third-order valence-electron chi connectivity index (χ3n) is 2.71. The SMILES string of the molecule is Cc1ccc2nc(Nc3ccc(F)c(Cl)c3)sc2c1. The number of aryl methyl sites for hydroxylation is 1. The highest BCUT2D eigenvalue weighted by Gasteiger charge is 2.06. The fraction of sp³-hybridized carbons (Fsp3) is 0.0714. The van der Waals surface area contributed by atoms with Crippen LogP contribution in [0.15, 0.2) is 36.4 Å². The van der Waals surface area contributed by atoms with Crippen molar-refractivity contribution in [1.29, 1.82) is 0 Å². The molecule has 0 fully saturated rings. The number of nitrogens with zero attached hydrogens (tertiary/aromatic N) is 1. The van der Waals surface area contributed by atoms with Crippen LogP contribution in [0.3, 0.4) is 0 Å². The number of anilines is 2. The van der Waals surface area contributed by atoms with Gasteiger partial charge in [0.25, 0.3) is 0 Å². The second-order valence-electron chi connectivity index (χ2n) is 4.24. The Hall–Kier alpha value is -1.65. The molecule has 0 radical (unpaired) electrons. The van der Waals surface area contributed by atoms with E-state index >= 15 is 0 Å². The summed E-state index contributed by atoms with van der Waals surface area (Å²) in [7, 11) is 0. The van der Waals surface area contributed by atoms with E-state index in [0.717, 1.165) is 21.0 Å². The van der Waals surface area contributed by atoms with Gasteiger partial charge < -0.3 is 5.32 Å². The predicted molar refractivity (Wildman–Crippen MR) is 79.0 cm³/mol. The van der Waals surface area contributed by atoms with Crippen molar-refractivity contribution in [2.75, 3.05) is 5.32 Å². The molecule has 3 aromatic rings. The minimum absolute atomic E-state index is 0.0990. The van der Waals surface area contributed by atoms with Crippen LogP contribution < -0.4 is 5.32 Å². The molecule has 19 heavy (non-hydrogen) atoms. The minimum Gasteiger partial charge on any atom is -0.331 e. The summed E-state index contributed by atoms with van der Waals surface area (Å²) >= 11 is 7.30. The molecule has 3 rings (SSSR count). The molecule has 2 nitrogen and oxygen atoms in total. The predicted octanol–water partition coefficient (Wildman–Crippen LogP) is 5.14. The molecule has 1 N–H and O–H groups in total. The van der Waals surface area contributed by atoms with Crippen molar-refractivity contribution in [1.82, 2.24) is 4.98 Å². The summed E-state index contributed by atoms with van der Waals surface area (Å²) in [5.74, 6) is -0.424. The van der Waals surface area contributed by atoms with Gasteiger partial charge in [0.1, 0.15) is 5.82 Å². The van der Waals surface area contributed by atoms with Crippen molar-refractivity contribution < 1.29 is 4.39 Å².